The van der Waals surface area contributed by atoms with E-state index in [0.29, 0.717) is 18.7 Å². The maximum Gasteiger partial charge on any atom is 0.153 e. The van der Waals surface area contributed by atoms with E-state index < -0.39 is 6.10 Å². The minimum absolute atomic E-state index is 0.507. The Hall–Kier alpha value is -1.34. The molecule has 0 saturated carbocycles. The van der Waals surface area contributed by atoms with Crippen LogP contribution in [0.2, 0.25) is 0 Å². The van der Waals surface area contributed by atoms with Gasteiger partial charge in [0.15, 0.2) is 5.82 Å². The Bertz CT molecular complexity index is 250. The second-order valence-corrected chi connectivity index (χ2v) is 2.48. The summed E-state index contributed by atoms with van der Waals surface area (Å²) in [5.74, 6) is 3.02. The molecule has 1 heterocycles. The highest BCUT2D eigenvalue weighted by atomic mass is 16.3. The Morgan fingerprint density at radius 2 is 2.58 bits per heavy atom. The lowest BCUT2D eigenvalue weighted by Crippen LogP contribution is -1.99. The van der Waals surface area contributed by atoms with Crippen molar-refractivity contribution in [3.63, 3.8) is 0 Å². The van der Waals surface area contributed by atoms with Crippen molar-refractivity contribution < 1.29 is 5.11 Å². The molecule has 0 aliphatic heterocycles. The van der Waals surface area contributed by atoms with Crippen LogP contribution in [0.5, 0.6) is 0 Å². The van der Waals surface area contributed by atoms with Crippen LogP contribution >= 0.6 is 0 Å². The summed E-state index contributed by atoms with van der Waals surface area (Å²) in [7, 11) is 0. The van der Waals surface area contributed by atoms with E-state index in [4.69, 9.17) is 6.42 Å². The van der Waals surface area contributed by atoms with Gasteiger partial charge in [-0.3, -0.25) is 5.10 Å². The minimum Gasteiger partial charge on any atom is -0.385 e. The van der Waals surface area contributed by atoms with Gasteiger partial charge in [0.25, 0.3) is 0 Å². The highest BCUT2D eigenvalue weighted by molar-refractivity contribution is 4.88. The average molecular weight is 165 g/mol. The van der Waals surface area contributed by atoms with Gasteiger partial charge in [0.1, 0.15) is 12.4 Å². The van der Waals surface area contributed by atoms with Gasteiger partial charge in [-0.25, -0.2) is 4.98 Å². The topological polar surface area (TPSA) is 61.8 Å². The monoisotopic (exact) mass is 165 g/mol. The molecule has 1 atom stereocenters. The Balaban J connectivity index is 2.30. The quantitative estimate of drug-likeness (QED) is 0.508. The van der Waals surface area contributed by atoms with Crippen molar-refractivity contribution in [2.45, 2.75) is 25.4 Å². The fraction of sp³-hybridized carbons (Fsp3) is 0.500. The molecule has 0 spiro atoms. The smallest absolute Gasteiger partial charge is 0.153 e. The first-order valence-electron chi connectivity index (χ1n) is 3.81. The number of aliphatic hydroxyl groups is 1. The lowest BCUT2D eigenvalue weighted by Gasteiger charge is -2.04. The Kier molecular flexibility index (Phi) is 3.30. The molecule has 1 aromatic heterocycles. The van der Waals surface area contributed by atoms with Crippen molar-refractivity contribution >= 4 is 0 Å². The number of nitrogens with zero attached hydrogens (tertiary/aromatic N) is 2. The highest BCUT2D eigenvalue weighted by Crippen LogP contribution is 2.13. The van der Waals surface area contributed by atoms with Crippen LogP contribution in [0.4, 0.5) is 0 Å². The van der Waals surface area contributed by atoms with E-state index in [1.54, 1.807) is 0 Å². The number of aliphatic hydroxyl groups excluding tert-OH is 1. The number of aromatic nitrogens is 3. The van der Waals surface area contributed by atoms with Crippen molar-refractivity contribution in [2.24, 2.45) is 0 Å². The number of nitrogens with one attached hydrogen (secondary N) is 1. The van der Waals surface area contributed by atoms with Crippen molar-refractivity contribution in [3.05, 3.63) is 12.2 Å². The molecule has 4 heteroatoms. The van der Waals surface area contributed by atoms with Gasteiger partial charge in [-0.05, 0) is 12.8 Å². The fourth-order valence-electron chi connectivity index (χ4n) is 0.910. The van der Waals surface area contributed by atoms with E-state index in [0.717, 1.165) is 6.42 Å². The largest absolute Gasteiger partial charge is 0.385 e. The molecule has 1 aromatic rings. The van der Waals surface area contributed by atoms with Crippen molar-refractivity contribution in [1.29, 1.82) is 0 Å². The SMILES string of the molecule is C#CCCCC(O)c1ncn[nH]1. The fourth-order valence-corrected chi connectivity index (χ4v) is 0.910. The zero-order valence-corrected chi connectivity index (χ0v) is 6.70. The number of hydrogen-bond donors (Lipinski definition) is 2. The summed E-state index contributed by atoms with van der Waals surface area (Å²) in [6, 6.07) is 0. The van der Waals surface area contributed by atoms with Crippen molar-refractivity contribution in [3.8, 4) is 12.3 Å². The Morgan fingerprint density at radius 1 is 1.75 bits per heavy atom. The van der Waals surface area contributed by atoms with Crippen LogP contribution in [0, 0.1) is 12.3 Å². The maximum absolute atomic E-state index is 9.43. The van der Waals surface area contributed by atoms with Crippen LogP contribution in [-0.2, 0) is 0 Å². The molecular weight excluding hydrogens is 154 g/mol. The number of hydrogen-bond acceptors (Lipinski definition) is 3. The first kappa shape index (κ1) is 8.75. The van der Waals surface area contributed by atoms with Crippen LogP contribution in [0.15, 0.2) is 6.33 Å². The molecule has 0 aliphatic carbocycles. The van der Waals surface area contributed by atoms with Crippen LogP contribution in [0.3, 0.4) is 0 Å². The molecule has 12 heavy (non-hydrogen) atoms. The van der Waals surface area contributed by atoms with E-state index in [1.165, 1.54) is 6.33 Å². The Morgan fingerprint density at radius 3 is 3.17 bits per heavy atom. The van der Waals surface area contributed by atoms with Crippen molar-refractivity contribution in [2.75, 3.05) is 0 Å². The first-order chi connectivity index (χ1) is 5.84. The summed E-state index contributed by atoms with van der Waals surface area (Å²) < 4.78 is 0. The number of rotatable bonds is 4. The molecule has 1 unspecified atom stereocenters. The van der Waals surface area contributed by atoms with Crippen LogP contribution < -0.4 is 0 Å². The summed E-state index contributed by atoms with van der Waals surface area (Å²) in [5.41, 5.74) is 0. The van der Waals surface area contributed by atoms with Crippen molar-refractivity contribution in [1.82, 2.24) is 15.2 Å². The minimum atomic E-state index is -0.569. The second kappa shape index (κ2) is 4.52. The summed E-state index contributed by atoms with van der Waals surface area (Å²) in [5, 5.41) is 15.7. The zero-order chi connectivity index (χ0) is 8.81. The molecule has 0 radical (unpaired) electrons. The molecule has 0 fully saturated rings. The van der Waals surface area contributed by atoms with Crippen LogP contribution in [0.1, 0.15) is 31.2 Å². The van der Waals surface area contributed by atoms with Crippen LogP contribution in [0.25, 0.3) is 0 Å². The van der Waals surface area contributed by atoms with Gasteiger partial charge in [0.2, 0.25) is 0 Å². The highest BCUT2D eigenvalue weighted by Gasteiger charge is 2.08. The molecule has 0 bridgehead atoms. The van der Waals surface area contributed by atoms with Gasteiger partial charge in [0.05, 0.1) is 0 Å². The van der Waals surface area contributed by atoms with Gasteiger partial charge in [-0.1, -0.05) is 0 Å². The molecule has 2 N–H and O–H groups in total. The Labute approximate surface area is 71.0 Å². The summed E-state index contributed by atoms with van der Waals surface area (Å²) >= 11 is 0. The van der Waals surface area contributed by atoms with E-state index in [9.17, 15) is 5.11 Å². The third-order valence-electron chi connectivity index (χ3n) is 1.55. The average Bonchev–Trinajstić information content (AvgIpc) is 2.56. The lowest BCUT2D eigenvalue weighted by molar-refractivity contribution is 0.156. The predicted molar refractivity (Wildman–Crippen MR) is 44.0 cm³/mol. The van der Waals surface area contributed by atoms with Gasteiger partial charge in [-0.15, -0.1) is 12.3 Å². The summed E-state index contributed by atoms with van der Waals surface area (Å²) in [6.45, 7) is 0. The first-order valence-corrected chi connectivity index (χ1v) is 3.81. The number of aromatic amines is 1. The molecule has 0 saturated heterocycles. The van der Waals surface area contributed by atoms with Gasteiger partial charge in [0, 0.05) is 6.42 Å². The zero-order valence-electron chi connectivity index (χ0n) is 6.70. The van der Waals surface area contributed by atoms with Gasteiger partial charge in [-0.2, -0.15) is 5.10 Å². The lowest BCUT2D eigenvalue weighted by atomic mass is 10.1. The number of H-pyrrole nitrogens is 1. The standard InChI is InChI=1S/C8H11N3O/c1-2-3-4-5-7(12)8-9-6-10-11-8/h1,6-7,12H,3-5H2,(H,9,10,11). The van der Waals surface area contributed by atoms with Gasteiger partial charge < -0.3 is 5.11 Å². The molecule has 0 aromatic carbocycles. The molecule has 64 valence electrons. The normalized spacial score (nSPS) is 12.3. The third-order valence-corrected chi connectivity index (χ3v) is 1.55. The molecule has 1 rings (SSSR count). The van der Waals surface area contributed by atoms with E-state index in [1.807, 2.05) is 0 Å². The predicted octanol–water partition coefficient (Wildman–Crippen LogP) is 0.642. The summed E-state index contributed by atoms with van der Waals surface area (Å²) in [6.07, 6.45) is 7.99. The molecule has 0 amide bonds. The van der Waals surface area contributed by atoms with E-state index in [2.05, 4.69) is 21.1 Å². The van der Waals surface area contributed by atoms with Gasteiger partial charge >= 0.3 is 0 Å². The summed E-state index contributed by atoms with van der Waals surface area (Å²) in [4.78, 5) is 3.83. The second-order valence-electron chi connectivity index (χ2n) is 2.48. The van der Waals surface area contributed by atoms with Crippen LogP contribution in [-0.4, -0.2) is 20.3 Å². The molecular formula is C8H11N3O. The molecule has 4 nitrogen and oxygen atoms in total. The number of terminal acetylenes is 1. The number of unbranched alkanes of at least 4 members (excludes halogenated alkanes) is 1. The van der Waals surface area contributed by atoms with E-state index in [-0.39, 0.29) is 0 Å². The molecule has 0 aliphatic rings. The third kappa shape index (κ3) is 2.36. The maximum atomic E-state index is 9.43. The van der Waals surface area contributed by atoms with E-state index >= 15 is 0 Å².